The smallest absolute Gasteiger partial charge is 0.130 e. The van der Waals surface area contributed by atoms with E-state index in [-0.39, 0.29) is 5.41 Å². The van der Waals surface area contributed by atoms with E-state index in [9.17, 15) is 5.11 Å². The summed E-state index contributed by atoms with van der Waals surface area (Å²) >= 11 is 0. The van der Waals surface area contributed by atoms with Crippen molar-refractivity contribution in [2.75, 3.05) is 21.3 Å². The molecule has 190 valence electrons. The zero-order valence-electron chi connectivity index (χ0n) is 21.9. The summed E-state index contributed by atoms with van der Waals surface area (Å²) in [6.07, 6.45) is 8.54. The van der Waals surface area contributed by atoms with Crippen molar-refractivity contribution in [3.63, 3.8) is 0 Å². The molecule has 0 unspecified atom stereocenters. The highest BCUT2D eigenvalue weighted by molar-refractivity contribution is 6.08. The van der Waals surface area contributed by atoms with E-state index in [4.69, 9.17) is 14.2 Å². The minimum atomic E-state index is -0.0457. The number of benzene rings is 4. The first-order chi connectivity index (χ1) is 18.1. The molecule has 37 heavy (non-hydrogen) atoms. The Morgan fingerprint density at radius 1 is 0.622 bits per heavy atom. The fourth-order valence-electron chi connectivity index (χ4n) is 6.81. The van der Waals surface area contributed by atoms with Crippen molar-refractivity contribution in [3.05, 3.63) is 71.8 Å². The van der Waals surface area contributed by atoms with E-state index in [1.165, 1.54) is 54.4 Å². The fraction of sp³-hybridized carbons (Fsp3) is 0.333. The van der Waals surface area contributed by atoms with E-state index in [0.717, 1.165) is 40.5 Å². The summed E-state index contributed by atoms with van der Waals surface area (Å²) in [4.78, 5) is 0. The maximum atomic E-state index is 11.4. The van der Waals surface area contributed by atoms with E-state index in [1.807, 2.05) is 30.3 Å². The lowest BCUT2D eigenvalue weighted by molar-refractivity contribution is 0.372. The number of phenolic OH excluding ortho intramolecular Hbond substituents is 1. The average Bonchev–Trinajstić information content (AvgIpc) is 3.19. The van der Waals surface area contributed by atoms with Gasteiger partial charge in [0.25, 0.3) is 0 Å². The van der Waals surface area contributed by atoms with E-state index in [2.05, 4.69) is 30.3 Å². The Kier molecular flexibility index (Phi) is 5.98. The number of rotatable bonds is 4. The van der Waals surface area contributed by atoms with Gasteiger partial charge in [-0.05, 0) is 70.8 Å². The number of methoxy groups -OCH3 is 3. The predicted molar refractivity (Wildman–Crippen MR) is 149 cm³/mol. The molecule has 1 fully saturated rings. The molecule has 1 saturated carbocycles. The van der Waals surface area contributed by atoms with Gasteiger partial charge in [-0.3, -0.25) is 0 Å². The van der Waals surface area contributed by atoms with Gasteiger partial charge in [0, 0.05) is 28.0 Å². The van der Waals surface area contributed by atoms with Crippen LogP contribution in [0.2, 0.25) is 0 Å². The quantitative estimate of drug-likeness (QED) is 0.310. The second-order valence-electron chi connectivity index (χ2n) is 10.4. The zero-order valence-corrected chi connectivity index (χ0v) is 21.9. The maximum Gasteiger partial charge on any atom is 0.130 e. The van der Waals surface area contributed by atoms with Crippen LogP contribution >= 0.6 is 0 Å². The second-order valence-corrected chi connectivity index (χ2v) is 10.4. The molecular weight excluding hydrogens is 460 g/mol. The monoisotopic (exact) mass is 494 g/mol. The Bertz CT molecular complexity index is 1480. The molecule has 4 aromatic rings. The third-order valence-corrected chi connectivity index (χ3v) is 8.57. The number of ether oxygens (including phenoxy) is 3. The molecule has 0 saturated heterocycles. The predicted octanol–water partition coefficient (Wildman–Crippen LogP) is 8.25. The van der Waals surface area contributed by atoms with Crippen LogP contribution in [0.15, 0.2) is 60.7 Å². The summed E-state index contributed by atoms with van der Waals surface area (Å²) in [6, 6.07) is 20.9. The van der Waals surface area contributed by atoms with Crippen LogP contribution in [-0.4, -0.2) is 26.4 Å². The molecule has 0 bridgehead atoms. The van der Waals surface area contributed by atoms with Gasteiger partial charge in [0.05, 0.1) is 21.3 Å². The van der Waals surface area contributed by atoms with Crippen molar-refractivity contribution in [2.45, 2.75) is 50.4 Å². The van der Waals surface area contributed by atoms with Crippen LogP contribution in [0.5, 0.6) is 23.0 Å². The highest BCUT2D eigenvalue weighted by Crippen LogP contribution is 2.58. The second kappa shape index (κ2) is 9.33. The van der Waals surface area contributed by atoms with Crippen molar-refractivity contribution in [1.82, 2.24) is 0 Å². The van der Waals surface area contributed by atoms with Crippen LogP contribution in [0.3, 0.4) is 0 Å². The highest BCUT2D eigenvalue weighted by atomic mass is 16.5. The Labute approximate surface area is 218 Å². The Morgan fingerprint density at radius 3 is 2.05 bits per heavy atom. The first-order valence-corrected chi connectivity index (χ1v) is 13.3. The third kappa shape index (κ3) is 3.65. The summed E-state index contributed by atoms with van der Waals surface area (Å²) in [7, 11) is 4.99. The molecule has 6 rings (SSSR count). The topological polar surface area (TPSA) is 47.9 Å². The van der Waals surface area contributed by atoms with Crippen molar-refractivity contribution in [3.8, 4) is 45.3 Å². The molecule has 4 nitrogen and oxygen atoms in total. The molecule has 0 aliphatic heterocycles. The Hall–Kier alpha value is -3.66. The van der Waals surface area contributed by atoms with Crippen LogP contribution in [-0.2, 0) is 5.41 Å². The van der Waals surface area contributed by atoms with Crippen molar-refractivity contribution in [1.29, 1.82) is 0 Å². The van der Waals surface area contributed by atoms with Gasteiger partial charge in [-0.15, -0.1) is 0 Å². The molecule has 4 heteroatoms. The van der Waals surface area contributed by atoms with Crippen LogP contribution in [0.1, 0.15) is 56.1 Å². The summed E-state index contributed by atoms with van der Waals surface area (Å²) in [5.41, 5.74) is 7.04. The lowest BCUT2D eigenvalue weighted by Gasteiger charge is -2.34. The van der Waals surface area contributed by atoms with Gasteiger partial charge >= 0.3 is 0 Å². The molecule has 1 spiro atoms. The number of hydrogen-bond donors (Lipinski definition) is 1. The van der Waals surface area contributed by atoms with Crippen LogP contribution in [0.4, 0.5) is 0 Å². The molecule has 2 aliphatic rings. The Balaban J connectivity index is 1.66. The first kappa shape index (κ1) is 23.7. The van der Waals surface area contributed by atoms with Crippen molar-refractivity contribution < 1.29 is 19.3 Å². The van der Waals surface area contributed by atoms with E-state index >= 15 is 0 Å². The summed E-state index contributed by atoms with van der Waals surface area (Å²) in [5, 5.41) is 13.3. The zero-order chi connectivity index (χ0) is 25.6. The standard InChI is InChI=1S/C33H34O4/c1-35-21-13-14-22(30(17-21)36-2)25-18-26-24(19-31(25)37-3)29(34)20-28-32(26)23-11-7-8-12-27(23)33(28)15-9-5-4-6-10-16-33/h7-8,11-14,17-20,34H,4-6,9-10,15-16H2,1-3H3. The third-order valence-electron chi connectivity index (χ3n) is 8.57. The Morgan fingerprint density at radius 2 is 1.32 bits per heavy atom. The maximum absolute atomic E-state index is 11.4. The summed E-state index contributed by atoms with van der Waals surface area (Å²) < 4.78 is 17.0. The lowest BCUT2D eigenvalue weighted by Crippen LogP contribution is -2.26. The van der Waals surface area contributed by atoms with Crippen LogP contribution < -0.4 is 14.2 Å². The van der Waals surface area contributed by atoms with E-state index in [1.54, 1.807) is 21.3 Å². The average molecular weight is 495 g/mol. The normalized spacial score (nSPS) is 16.1. The molecule has 0 radical (unpaired) electrons. The van der Waals surface area contributed by atoms with Gasteiger partial charge < -0.3 is 19.3 Å². The number of phenols is 1. The van der Waals surface area contributed by atoms with Gasteiger partial charge in [-0.2, -0.15) is 0 Å². The molecule has 4 aromatic carbocycles. The first-order valence-electron chi connectivity index (χ1n) is 13.3. The van der Waals surface area contributed by atoms with E-state index in [0.29, 0.717) is 17.2 Å². The minimum absolute atomic E-state index is 0.0457. The van der Waals surface area contributed by atoms with Crippen molar-refractivity contribution >= 4 is 10.8 Å². The van der Waals surface area contributed by atoms with Gasteiger partial charge in [-0.1, -0.05) is 56.4 Å². The van der Waals surface area contributed by atoms with Gasteiger partial charge in [-0.25, -0.2) is 0 Å². The van der Waals surface area contributed by atoms with Gasteiger partial charge in [0.1, 0.15) is 23.0 Å². The molecule has 0 aromatic heterocycles. The van der Waals surface area contributed by atoms with E-state index < -0.39 is 0 Å². The number of fused-ring (bicyclic) bond motifs is 7. The molecule has 2 aliphatic carbocycles. The van der Waals surface area contributed by atoms with Gasteiger partial charge in [0.2, 0.25) is 0 Å². The molecule has 0 amide bonds. The molecular formula is C33H34O4. The van der Waals surface area contributed by atoms with Crippen molar-refractivity contribution in [2.24, 2.45) is 0 Å². The van der Waals surface area contributed by atoms with Crippen LogP contribution in [0, 0.1) is 0 Å². The fourth-order valence-corrected chi connectivity index (χ4v) is 6.81. The molecule has 0 heterocycles. The van der Waals surface area contributed by atoms with Crippen LogP contribution in [0.25, 0.3) is 33.0 Å². The van der Waals surface area contributed by atoms with Gasteiger partial charge in [0.15, 0.2) is 0 Å². The summed E-state index contributed by atoms with van der Waals surface area (Å²) in [6.45, 7) is 0. The molecule has 0 atom stereocenters. The number of aromatic hydroxyl groups is 1. The highest BCUT2D eigenvalue weighted by Gasteiger charge is 2.43. The lowest BCUT2D eigenvalue weighted by atomic mass is 9.69. The molecule has 1 N–H and O–H groups in total. The summed E-state index contributed by atoms with van der Waals surface area (Å²) in [5.74, 6) is 2.46. The SMILES string of the molecule is COc1ccc(-c2cc3c4c(cc(O)c3cc2OC)C2(CCCCCCC2)c2ccccc2-4)c(OC)c1. The largest absolute Gasteiger partial charge is 0.507 e. The number of hydrogen-bond acceptors (Lipinski definition) is 4. The minimum Gasteiger partial charge on any atom is -0.507 e.